The molecule has 0 unspecified atom stereocenters. The van der Waals surface area contributed by atoms with E-state index in [4.69, 9.17) is 32.7 Å². The Balaban J connectivity index is 3.20. The summed E-state index contributed by atoms with van der Waals surface area (Å²) < 4.78 is 10.6. The van der Waals surface area contributed by atoms with Crippen LogP contribution >= 0.6 is 23.2 Å². The second-order valence-electron chi connectivity index (χ2n) is 5.96. The van der Waals surface area contributed by atoms with E-state index >= 15 is 0 Å². The molecule has 1 aromatic carbocycles. The van der Waals surface area contributed by atoms with Crippen molar-refractivity contribution in [3.8, 4) is 0 Å². The SMILES string of the molecule is CCCC(=O)OC[C@@H](NC(=O)C(Cl)Cl)[C@H](OC(=O)CC)c1ccc([N+](=O)[O-])cc1. The highest BCUT2D eigenvalue weighted by molar-refractivity contribution is 6.53. The smallest absolute Gasteiger partial charge is 0.306 e. The van der Waals surface area contributed by atoms with Crippen LogP contribution in [0.4, 0.5) is 5.69 Å². The van der Waals surface area contributed by atoms with Crippen molar-refractivity contribution in [3.63, 3.8) is 0 Å². The molecule has 0 aliphatic rings. The van der Waals surface area contributed by atoms with Gasteiger partial charge < -0.3 is 14.8 Å². The van der Waals surface area contributed by atoms with Crippen molar-refractivity contribution in [3.05, 3.63) is 39.9 Å². The molecule has 0 aromatic heterocycles. The number of nitrogens with zero attached hydrogens (tertiary/aromatic N) is 1. The molecule has 1 rings (SSSR count). The molecule has 0 aliphatic carbocycles. The maximum absolute atomic E-state index is 12.0. The van der Waals surface area contributed by atoms with Crippen molar-refractivity contribution in [2.24, 2.45) is 0 Å². The van der Waals surface area contributed by atoms with Gasteiger partial charge in [-0.25, -0.2) is 0 Å². The predicted octanol–water partition coefficient (Wildman–Crippen LogP) is 3.22. The van der Waals surface area contributed by atoms with E-state index in [0.717, 1.165) is 0 Å². The highest BCUT2D eigenvalue weighted by atomic mass is 35.5. The Morgan fingerprint density at radius 1 is 1.14 bits per heavy atom. The molecular weight excluding hydrogens is 427 g/mol. The first kappa shape index (κ1) is 24.6. The van der Waals surface area contributed by atoms with Gasteiger partial charge in [0, 0.05) is 25.0 Å². The van der Waals surface area contributed by atoms with Crippen molar-refractivity contribution in [1.82, 2.24) is 5.32 Å². The standard InChI is InChI=1S/C18H22Cl2N2O7/c1-3-5-15(24)28-10-13(21-18(25)17(19)20)16(29-14(23)4-2)11-6-8-12(9-7-11)22(26)27/h6-9,13,16-17H,3-5,10H2,1-2H3,(H,21,25)/t13-,16-/m1/s1. The van der Waals surface area contributed by atoms with Crippen LogP contribution in [0.25, 0.3) is 0 Å². The number of rotatable bonds is 11. The van der Waals surface area contributed by atoms with Crippen LogP contribution in [0.5, 0.6) is 0 Å². The van der Waals surface area contributed by atoms with Crippen molar-refractivity contribution < 1.29 is 28.8 Å². The van der Waals surface area contributed by atoms with Crippen LogP contribution in [0, 0.1) is 10.1 Å². The minimum absolute atomic E-state index is 0.0490. The zero-order valence-corrected chi connectivity index (χ0v) is 17.4. The van der Waals surface area contributed by atoms with E-state index in [0.29, 0.717) is 12.0 Å². The van der Waals surface area contributed by atoms with E-state index in [-0.39, 0.29) is 25.1 Å². The van der Waals surface area contributed by atoms with Crippen LogP contribution in [0.15, 0.2) is 24.3 Å². The van der Waals surface area contributed by atoms with Crippen LogP contribution in [0.2, 0.25) is 0 Å². The molecular formula is C18H22Cl2N2O7. The molecule has 0 bridgehead atoms. The number of hydrogen-bond donors (Lipinski definition) is 1. The van der Waals surface area contributed by atoms with Gasteiger partial charge in [0.25, 0.3) is 11.6 Å². The second kappa shape index (κ2) is 12.2. The minimum Gasteiger partial charge on any atom is -0.463 e. The molecule has 0 saturated heterocycles. The van der Waals surface area contributed by atoms with Gasteiger partial charge in [0.15, 0.2) is 10.9 Å². The predicted molar refractivity (Wildman–Crippen MR) is 106 cm³/mol. The average Bonchev–Trinajstić information content (AvgIpc) is 2.69. The first-order chi connectivity index (χ1) is 13.7. The van der Waals surface area contributed by atoms with Gasteiger partial charge in [0.05, 0.1) is 4.92 Å². The maximum Gasteiger partial charge on any atom is 0.306 e. The molecule has 0 radical (unpaired) electrons. The molecule has 160 valence electrons. The topological polar surface area (TPSA) is 125 Å². The van der Waals surface area contributed by atoms with Crippen LogP contribution in [-0.2, 0) is 23.9 Å². The molecule has 2 atom stereocenters. The first-order valence-electron chi connectivity index (χ1n) is 8.87. The number of hydrogen-bond acceptors (Lipinski definition) is 7. The van der Waals surface area contributed by atoms with E-state index in [1.54, 1.807) is 13.8 Å². The van der Waals surface area contributed by atoms with Gasteiger partial charge in [-0.15, -0.1) is 0 Å². The van der Waals surface area contributed by atoms with Crippen LogP contribution in [-0.4, -0.2) is 40.3 Å². The molecule has 9 nitrogen and oxygen atoms in total. The van der Waals surface area contributed by atoms with E-state index < -0.39 is 39.8 Å². The van der Waals surface area contributed by atoms with E-state index in [1.807, 2.05) is 0 Å². The van der Waals surface area contributed by atoms with Gasteiger partial charge >= 0.3 is 11.9 Å². The molecule has 0 spiro atoms. The molecule has 0 aliphatic heterocycles. The summed E-state index contributed by atoms with van der Waals surface area (Å²) in [4.78, 5) is 44.6. The van der Waals surface area contributed by atoms with Gasteiger partial charge in [-0.2, -0.15) is 0 Å². The van der Waals surface area contributed by atoms with Gasteiger partial charge in [-0.3, -0.25) is 24.5 Å². The lowest BCUT2D eigenvalue weighted by molar-refractivity contribution is -0.384. The fourth-order valence-corrected chi connectivity index (χ4v) is 2.43. The second-order valence-corrected chi connectivity index (χ2v) is 7.06. The monoisotopic (exact) mass is 448 g/mol. The summed E-state index contributed by atoms with van der Waals surface area (Å²) in [5.41, 5.74) is 0.195. The Bertz CT molecular complexity index is 725. The number of non-ortho nitro benzene ring substituents is 1. The number of benzene rings is 1. The lowest BCUT2D eigenvalue weighted by atomic mass is 10.0. The lowest BCUT2D eigenvalue weighted by Crippen LogP contribution is -2.46. The van der Waals surface area contributed by atoms with E-state index in [1.165, 1.54) is 24.3 Å². The number of amides is 1. The molecule has 0 fully saturated rings. The normalized spacial score (nSPS) is 12.7. The van der Waals surface area contributed by atoms with Gasteiger partial charge in [0.1, 0.15) is 12.6 Å². The molecule has 11 heteroatoms. The third-order valence-electron chi connectivity index (χ3n) is 3.75. The molecule has 1 N–H and O–H groups in total. The van der Waals surface area contributed by atoms with Crippen LogP contribution in [0.1, 0.15) is 44.8 Å². The van der Waals surface area contributed by atoms with Gasteiger partial charge in [-0.05, 0) is 24.1 Å². The summed E-state index contributed by atoms with van der Waals surface area (Å²) in [5.74, 6) is -1.85. The number of carbonyl (C=O) groups excluding carboxylic acids is 3. The number of halogens is 2. The van der Waals surface area contributed by atoms with Crippen molar-refractivity contribution in [2.45, 2.75) is 50.1 Å². The number of ether oxygens (including phenoxy) is 2. The highest BCUT2D eigenvalue weighted by Crippen LogP contribution is 2.25. The molecule has 0 saturated carbocycles. The first-order valence-corrected chi connectivity index (χ1v) is 9.74. The summed E-state index contributed by atoms with van der Waals surface area (Å²) in [5, 5.41) is 13.4. The summed E-state index contributed by atoms with van der Waals surface area (Å²) in [6.07, 6.45) is -0.301. The molecule has 29 heavy (non-hydrogen) atoms. The van der Waals surface area contributed by atoms with E-state index in [2.05, 4.69) is 5.32 Å². The Morgan fingerprint density at radius 2 is 1.76 bits per heavy atom. The Hall–Kier alpha value is -2.39. The Labute approximate surface area is 177 Å². The minimum atomic E-state index is -1.40. The lowest BCUT2D eigenvalue weighted by Gasteiger charge is -2.28. The van der Waals surface area contributed by atoms with Gasteiger partial charge in [-0.1, -0.05) is 37.0 Å². The van der Waals surface area contributed by atoms with E-state index in [9.17, 15) is 24.5 Å². The van der Waals surface area contributed by atoms with Crippen LogP contribution < -0.4 is 5.32 Å². The molecule has 1 aromatic rings. The molecule has 0 heterocycles. The Morgan fingerprint density at radius 3 is 2.24 bits per heavy atom. The number of nitro groups is 1. The zero-order chi connectivity index (χ0) is 22.0. The molecule has 1 amide bonds. The summed E-state index contributed by atoms with van der Waals surface area (Å²) in [6, 6.07) is 4.22. The average molecular weight is 449 g/mol. The number of nitro benzene ring substituents is 1. The Kier molecular flexibility index (Phi) is 10.4. The number of esters is 2. The van der Waals surface area contributed by atoms with Crippen molar-refractivity contribution in [2.75, 3.05) is 6.61 Å². The summed E-state index contributed by atoms with van der Waals surface area (Å²) in [7, 11) is 0. The number of carbonyl (C=O) groups is 3. The maximum atomic E-state index is 12.0. The van der Waals surface area contributed by atoms with Crippen molar-refractivity contribution >= 4 is 46.7 Å². The van der Waals surface area contributed by atoms with Gasteiger partial charge in [0.2, 0.25) is 0 Å². The highest BCUT2D eigenvalue weighted by Gasteiger charge is 2.31. The third kappa shape index (κ3) is 8.25. The van der Waals surface area contributed by atoms with Crippen LogP contribution in [0.3, 0.4) is 0 Å². The summed E-state index contributed by atoms with van der Waals surface area (Å²) >= 11 is 11.2. The summed E-state index contributed by atoms with van der Waals surface area (Å²) in [6.45, 7) is 3.07. The largest absolute Gasteiger partial charge is 0.463 e. The number of nitrogens with one attached hydrogen (secondary N) is 1. The fourth-order valence-electron chi connectivity index (χ4n) is 2.30. The quantitative estimate of drug-likeness (QED) is 0.238. The third-order valence-corrected chi connectivity index (χ3v) is 4.15. The number of alkyl halides is 2. The van der Waals surface area contributed by atoms with Crippen molar-refractivity contribution in [1.29, 1.82) is 0 Å². The fraction of sp³-hybridized carbons (Fsp3) is 0.500. The zero-order valence-electron chi connectivity index (χ0n) is 15.9.